The smallest absolute Gasteiger partial charge is 0.0766 e. The summed E-state index contributed by atoms with van der Waals surface area (Å²) in [6.07, 6.45) is 1.67. The van der Waals surface area contributed by atoms with Crippen molar-refractivity contribution in [1.29, 1.82) is 0 Å². The first-order chi connectivity index (χ1) is 4.81. The van der Waals surface area contributed by atoms with Gasteiger partial charge in [0.2, 0.25) is 0 Å². The summed E-state index contributed by atoms with van der Waals surface area (Å²) in [7, 11) is 0. The second kappa shape index (κ2) is 7.07. The van der Waals surface area contributed by atoms with E-state index < -0.39 is 0 Å². The topological polar surface area (TPSA) is 52.0 Å². The van der Waals surface area contributed by atoms with E-state index in [1.54, 1.807) is 0 Å². The first kappa shape index (κ1) is 9.96. The van der Waals surface area contributed by atoms with Crippen LogP contribution in [0.25, 0.3) is 0 Å². The Balaban J connectivity index is 3.37. The molecular formula is C7H13BrN2. The number of alkyl halides is 1. The fourth-order valence-corrected chi connectivity index (χ4v) is 0.900. The highest BCUT2D eigenvalue weighted by Gasteiger charge is 1.93. The molecule has 10 heavy (non-hydrogen) atoms. The van der Waals surface area contributed by atoms with Gasteiger partial charge in [-0.1, -0.05) is 21.9 Å². The SMILES string of the molecule is NCCC#CC(Br)CCN. The molecule has 3 heteroatoms. The quantitative estimate of drug-likeness (QED) is 0.519. The Kier molecular flexibility index (Phi) is 7.04. The van der Waals surface area contributed by atoms with E-state index in [4.69, 9.17) is 11.5 Å². The minimum absolute atomic E-state index is 0.240. The number of nitrogens with two attached hydrogens (primary N) is 2. The van der Waals surface area contributed by atoms with Crippen molar-refractivity contribution in [2.45, 2.75) is 17.7 Å². The van der Waals surface area contributed by atoms with Gasteiger partial charge in [0, 0.05) is 13.0 Å². The molecular weight excluding hydrogens is 192 g/mol. The molecule has 0 heterocycles. The first-order valence-electron chi connectivity index (χ1n) is 3.34. The predicted octanol–water partition coefficient (Wildman–Crippen LogP) is 0.451. The van der Waals surface area contributed by atoms with Crippen molar-refractivity contribution in [1.82, 2.24) is 0 Å². The van der Waals surface area contributed by atoms with Crippen LogP contribution in [-0.4, -0.2) is 17.9 Å². The lowest BCUT2D eigenvalue weighted by atomic mass is 10.3. The fourth-order valence-electron chi connectivity index (χ4n) is 0.474. The van der Waals surface area contributed by atoms with Crippen molar-refractivity contribution in [2.24, 2.45) is 11.5 Å². The average molecular weight is 205 g/mol. The van der Waals surface area contributed by atoms with Crippen LogP contribution in [0.1, 0.15) is 12.8 Å². The third-order valence-electron chi connectivity index (χ3n) is 0.948. The molecule has 0 amide bonds. The maximum atomic E-state index is 5.31. The molecule has 1 unspecified atom stereocenters. The van der Waals surface area contributed by atoms with Gasteiger partial charge in [-0.2, -0.15) is 0 Å². The molecule has 1 atom stereocenters. The molecule has 0 aliphatic rings. The molecule has 0 aliphatic carbocycles. The van der Waals surface area contributed by atoms with E-state index in [0.29, 0.717) is 13.1 Å². The van der Waals surface area contributed by atoms with Crippen molar-refractivity contribution in [3.63, 3.8) is 0 Å². The highest BCUT2D eigenvalue weighted by molar-refractivity contribution is 9.09. The van der Waals surface area contributed by atoms with E-state index in [1.807, 2.05) is 0 Å². The highest BCUT2D eigenvalue weighted by Crippen LogP contribution is 2.00. The second-order valence-corrected chi connectivity index (χ2v) is 3.01. The molecule has 0 spiro atoms. The summed E-state index contributed by atoms with van der Waals surface area (Å²) in [5, 5.41) is 0. The molecule has 0 radical (unpaired) electrons. The summed E-state index contributed by atoms with van der Waals surface area (Å²) < 4.78 is 0. The van der Waals surface area contributed by atoms with Crippen LogP contribution < -0.4 is 11.5 Å². The van der Waals surface area contributed by atoms with Crippen LogP contribution in [0.3, 0.4) is 0 Å². The molecule has 0 saturated heterocycles. The van der Waals surface area contributed by atoms with Crippen LogP contribution >= 0.6 is 15.9 Å². The van der Waals surface area contributed by atoms with Gasteiger partial charge in [-0.05, 0) is 13.0 Å². The standard InChI is InChI=1S/C7H13BrN2/c8-7(4-6-10)3-1-2-5-9/h7H,2,4-6,9-10H2. The van der Waals surface area contributed by atoms with Gasteiger partial charge in [-0.25, -0.2) is 0 Å². The van der Waals surface area contributed by atoms with Crippen molar-refractivity contribution < 1.29 is 0 Å². The Morgan fingerprint density at radius 2 is 2.00 bits per heavy atom. The lowest BCUT2D eigenvalue weighted by molar-refractivity contribution is 0.889. The van der Waals surface area contributed by atoms with Crippen molar-refractivity contribution in [2.75, 3.05) is 13.1 Å². The third-order valence-corrected chi connectivity index (χ3v) is 1.63. The minimum atomic E-state index is 0.240. The van der Waals surface area contributed by atoms with Crippen LogP contribution in [0.15, 0.2) is 0 Å². The zero-order chi connectivity index (χ0) is 7.82. The lowest BCUT2D eigenvalue weighted by Gasteiger charge is -1.95. The van der Waals surface area contributed by atoms with E-state index >= 15 is 0 Å². The maximum Gasteiger partial charge on any atom is 0.0766 e. The summed E-state index contributed by atoms with van der Waals surface area (Å²) in [6.45, 7) is 1.31. The van der Waals surface area contributed by atoms with E-state index in [0.717, 1.165) is 12.8 Å². The van der Waals surface area contributed by atoms with E-state index in [-0.39, 0.29) is 4.83 Å². The molecule has 58 valence electrons. The van der Waals surface area contributed by atoms with Gasteiger partial charge in [0.25, 0.3) is 0 Å². The Morgan fingerprint density at radius 1 is 1.30 bits per heavy atom. The Labute approximate surface area is 70.5 Å². The molecule has 2 nitrogen and oxygen atoms in total. The number of hydrogen-bond acceptors (Lipinski definition) is 2. The van der Waals surface area contributed by atoms with Gasteiger partial charge in [-0.15, -0.1) is 5.92 Å². The molecule has 0 saturated carbocycles. The number of rotatable bonds is 3. The van der Waals surface area contributed by atoms with E-state index in [2.05, 4.69) is 27.8 Å². The monoisotopic (exact) mass is 204 g/mol. The van der Waals surface area contributed by atoms with Crippen molar-refractivity contribution in [3.8, 4) is 11.8 Å². The summed E-state index contributed by atoms with van der Waals surface area (Å²) in [5.74, 6) is 5.93. The number of halogens is 1. The third kappa shape index (κ3) is 6.09. The molecule has 0 aromatic rings. The van der Waals surface area contributed by atoms with Crippen LogP contribution in [0.5, 0.6) is 0 Å². The average Bonchev–Trinajstić information content (AvgIpc) is 1.89. The normalized spacial score (nSPS) is 11.9. The van der Waals surface area contributed by atoms with E-state index in [1.165, 1.54) is 0 Å². The van der Waals surface area contributed by atoms with Gasteiger partial charge in [0.15, 0.2) is 0 Å². The summed E-state index contributed by atoms with van der Waals surface area (Å²) in [4.78, 5) is 0.240. The Morgan fingerprint density at radius 3 is 2.50 bits per heavy atom. The minimum Gasteiger partial charge on any atom is -0.330 e. The second-order valence-electron chi connectivity index (χ2n) is 1.90. The predicted molar refractivity (Wildman–Crippen MR) is 47.8 cm³/mol. The molecule has 0 aliphatic heterocycles. The van der Waals surface area contributed by atoms with Crippen LogP contribution in [0.4, 0.5) is 0 Å². The van der Waals surface area contributed by atoms with E-state index in [9.17, 15) is 0 Å². The van der Waals surface area contributed by atoms with Crippen LogP contribution in [-0.2, 0) is 0 Å². The van der Waals surface area contributed by atoms with Gasteiger partial charge < -0.3 is 11.5 Å². The molecule has 0 fully saturated rings. The molecule has 0 bridgehead atoms. The molecule has 0 aromatic carbocycles. The zero-order valence-electron chi connectivity index (χ0n) is 5.94. The largest absolute Gasteiger partial charge is 0.330 e. The molecule has 0 rings (SSSR count). The summed E-state index contributed by atoms with van der Waals surface area (Å²) in [5.41, 5.74) is 10.6. The van der Waals surface area contributed by atoms with Gasteiger partial charge in [-0.3, -0.25) is 0 Å². The van der Waals surface area contributed by atoms with Gasteiger partial charge in [0.05, 0.1) is 4.83 Å². The Hall–Kier alpha value is -0.0400. The van der Waals surface area contributed by atoms with Crippen LogP contribution in [0.2, 0.25) is 0 Å². The zero-order valence-corrected chi connectivity index (χ0v) is 7.52. The number of hydrogen-bond donors (Lipinski definition) is 2. The maximum absolute atomic E-state index is 5.31. The van der Waals surface area contributed by atoms with Gasteiger partial charge in [0.1, 0.15) is 0 Å². The van der Waals surface area contributed by atoms with Crippen molar-refractivity contribution >= 4 is 15.9 Å². The highest BCUT2D eigenvalue weighted by atomic mass is 79.9. The van der Waals surface area contributed by atoms with Gasteiger partial charge >= 0.3 is 0 Å². The molecule has 4 N–H and O–H groups in total. The fraction of sp³-hybridized carbons (Fsp3) is 0.714. The summed E-state index contributed by atoms with van der Waals surface area (Å²) in [6, 6.07) is 0. The summed E-state index contributed by atoms with van der Waals surface area (Å²) >= 11 is 3.37. The van der Waals surface area contributed by atoms with Crippen LogP contribution in [0, 0.1) is 11.8 Å². The molecule has 0 aromatic heterocycles. The van der Waals surface area contributed by atoms with Crippen molar-refractivity contribution in [3.05, 3.63) is 0 Å². The Bertz CT molecular complexity index is 125. The first-order valence-corrected chi connectivity index (χ1v) is 4.25. The lowest BCUT2D eigenvalue weighted by Crippen LogP contribution is -2.05.